The van der Waals surface area contributed by atoms with Crippen molar-refractivity contribution in [1.82, 2.24) is 4.98 Å². The monoisotopic (exact) mass is 242 g/mol. The molecule has 3 nitrogen and oxygen atoms in total. The van der Waals surface area contributed by atoms with E-state index in [-0.39, 0.29) is 0 Å². The van der Waals surface area contributed by atoms with Crippen molar-refractivity contribution in [2.24, 2.45) is 0 Å². The maximum atomic E-state index is 5.83. The third-order valence-electron chi connectivity index (χ3n) is 2.64. The van der Waals surface area contributed by atoms with E-state index < -0.39 is 0 Å². The summed E-state index contributed by atoms with van der Waals surface area (Å²) < 4.78 is 5.83. The summed E-state index contributed by atoms with van der Waals surface area (Å²) in [6.07, 6.45) is 0. The summed E-state index contributed by atoms with van der Waals surface area (Å²) in [5, 5.41) is 3.17. The van der Waals surface area contributed by atoms with E-state index in [1.165, 1.54) is 5.56 Å². The van der Waals surface area contributed by atoms with Gasteiger partial charge in [0.1, 0.15) is 11.6 Å². The maximum absolute atomic E-state index is 5.83. The molecule has 0 fully saturated rings. The first kappa shape index (κ1) is 12.4. The van der Waals surface area contributed by atoms with Gasteiger partial charge in [0.2, 0.25) is 5.88 Å². The number of nitrogens with zero attached hydrogens (tertiary/aromatic N) is 1. The van der Waals surface area contributed by atoms with Crippen LogP contribution in [0, 0.1) is 13.8 Å². The number of ether oxygens (including phenoxy) is 1. The Morgan fingerprint density at radius 2 is 2.00 bits per heavy atom. The first-order chi connectivity index (χ1) is 8.69. The first-order valence-corrected chi connectivity index (χ1v) is 6.15. The molecule has 1 aromatic carbocycles. The summed E-state index contributed by atoms with van der Waals surface area (Å²) in [6.45, 7) is 6.97. The Bertz CT molecular complexity index is 538. The SMILES string of the molecule is CCNc1cccc(Oc2cc(C)ccc2C)n1. The Hall–Kier alpha value is -2.03. The molecule has 3 heteroatoms. The highest BCUT2D eigenvalue weighted by molar-refractivity contribution is 5.41. The molecule has 0 unspecified atom stereocenters. The lowest BCUT2D eigenvalue weighted by molar-refractivity contribution is 0.460. The zero-order valence-corrected chi connectivity index (χ0v) is 11.0. The molecule has 0 bridgehead atoms. The van der Waals surface area contributed by atoms with Gasteiger partial charge in [-0.15, -0.1) is 0 Å². The number of pyridine rings is 1. The number of aromatic nitrogens is 1. The topological polar surface area (TPSA) is 34.1 Å². The quantitative estimate of drug-likeness (QED) is 0.882. The van der Waals surface area contributed by atoms with Crippen LogP contribution in [0.4, 0.5) is 5.82 Å². The number of nitrogens with one attached hydrogen (secondary N) is 1. The highest BCUT2D eigenvalue weighted by Gasteiger charge is 2.03. The number of hydrogen-bond acceptors (Lipinski definition) is 3. The minimum atomic E-state index is 0.613. The molecule has 2 aromatic rings. The Labute approximate surface area is 108 Å². The van der Waals surface area contributed by atoms with Crippen molar-refractivity contribution in [3.63, 3.8) is 0 Å². The summed E-state index contributed by atoms with van der Waals surface area (Å²) in [6, 6.07) is 11.9. The zero-order chi connectivity index (χ0) is 13.0. The van der Waals surface area contributed by atoms with Gasteiger partial charge in [-0.2, -0.15) is 4.98 Å². The average molecular weight is 242 g/mol. The molecule has 0 saturated heterocycles. The van der Waals surface area contributed by atoms with Crippen LogP contribution in [0.5, 0.6) is 11.6 Å². The van der Waals surface area contributed by atoms with Gasteiger partial charge in [0, 0.05) is 12.6 Å². The highest BCUT2D eigenvalue weighted by Crippen LogP contribution is 2.25. The molecule has 94 valence electrons. The van der Waals surface area contributed by atoms with Crippen molar-refractivity contribution >= 4 is 5.82 Å². The molecule has 0 radical (unpaired) electrons. The lowest BCUT2D eigenvalue weighted by Crippen LogP contribution is -2.00. The van der Waals surface area contributed by atoms with E-state index in [9.17, 15) is 0 Å². The molecule has 0 saturated carbocycles. The van der Waals surface area contributed by atoms with Gasteiger partial charge in [0.15, 0.2) is 0 Å². The van der Waals surface area contributed by atoms with Crippen molar-refractivity contribution < 1.29 is 4.74 Å². The van der Waals surface area contributed by atoms with Gasteiger partial charge < -0.3 is 10.1 Å². The predicted molar refractivity (Wildman–Crippen MR) is 74.4 cm³/mol. The predicted octanol–water partition coefficient (Wildman–Crippen LogP) is 3.92. The van der Waals surface area contributed by atoms with Crippen LogP contribution in [0.2, 0.25) is 0 Å². The Balaban J connectivity index is 2.22. The van der Waals surface area contributed by atoms with Crippen LogP contribution >= 0.6 is 0 Å². The summed E-state index contributed by atoms with van der Waals surface area (Å²) >= 11 is 0. The molecule has 18 heavy (non-hydrogen) atoms. The van der Waals surface area contributed by atoms with Crippen molar-refractivity contribution in [3.05, 3.63) is 47.5 Å². The fourth-order valence-corrected chi connectivity index (χ4v) is 1.68. The van der Waals surface area contributed by atoms with E-state index in [2.05, 4.69) is 29.4 Å². The van der Waals surface area contributed by atoms with Crippen LogP contribution < -0.4 is 10.1 Å². The summed E-state index contributed by atoms with van der Waals surface area (Å²) in [4.78, 5) is 4.40. The minimum Gasteiger partial charge on any atom is -0.439 e. The van der Waals surface area contributed by atoms with Gasteiger partial charge in [-0.25, -0.2) is 0 Å². The van der Waals surface area contributed by atoms with Crippen LogP contribution in [0.1, 0.15) is 18.1 Å². The van der Waals surface area contributed by atoms with Gasteiger partial charge in [0.05, 0.1) is 0 Å². The number of hydrogen-bond donors (Lipinski definition) is 1. The number of aryl methyl sites for hydroxylation is 2. The van der Waals surface area contributed by atoms with E-state index in [4.69, 9.17) is 4.74 Å². The van der Waals surface area contributed by atoms with Gasteiger partial charge >= 0.3 is 0 Å². The maximum Gasteiger partial charge on any atom is 0.221 e. The standard InChI is InChI=1S/C15H18N2O/c1-4-16-14-6-5-7-15(17-14)18-13-10-11(2)8-9-12(13)3/h5-10H,4H2,1-3H3,(H,16,17). The molecule has 2 rings (SSSR count). The van der Waals surface area contributed by atoms with Crippen LogP contribution in [0.15, 0.2) is 36.4 Å². The zero-order valence-electron chi connectivity index (χ0n) is 11.0. The van der Waals surface area contributed by atoms with Crippen molar-refractivity contribution in [3.8, 4) is 11.6 Å². The first-order valence-electron chi connectivity index (χ1n) is 6.15. The van der Waals surface area contributed by atoms with E-state index in [0.29, 0.717) is 5.88 Å². The second kappa shape index (κ2) is 5.54. The Morgan fingerprint density at radius 3 is 2.78 bits per heavy atom. The van der Waals surface area contributed by atoms with Crippen LogP contribution in [-0.4, -0.2) is 11.5 Å². The van der Waals surface area contributed by atoms with Gasteiger partial charge in [0.25, 0.3) is 0 Å². The fourth-order valence-electron chi connectivity index (χ4n) is 1.68. The lowest BCUT2D eigenvalue weighted by atomic mass is 10.1. The third-order valence-corrected chi connectivity index (χ3v) is 2.64. The average Bonchev–Trinajstić information content (AvgIpc) is 2.35. The van der Waals surface area contributed by atoms with Gasteiger partial charge in [-0.3, -0.25) is 0 Å². The summed E-state index contributed by atoms with van der Waals surface area (Å²) in [7, 11) is 0. The van der Waals surface area contributed by atoms with E-state index in [1.54, 1.807) is 0 Å². The third kappa shape index (κ3) is 3.00. The highest BCUT2D eigenvalue weighted by atomic mass is 16.5. The van der Waals surface area contributed by atoms with E-state index in [1.807, 2.05) is 38.1 Å². The molecule has 0 aliphatic rings. The largest absolute Gasteiger partial charge is 0.439 e. The minimum absolute atomic E-state index is 0.613. The molecular weight excluding hydrogens is 224 g/mol. The number of rotatable bonds is 4. The number of benzene rings is 1. The molecule has 1 heterocycles. The summed E-state index contributed by atoms with van der Waals surface area (Å²) in [5.41, 5.74) is 2.29. The molecule has 0 aliphatic carbocycles. The second-order valence-corrected chi connectivity index (χ2v) is 4.26. The molecule has 0 spiro atoms. The van der Waals surface area contributed by atoms with Crippen molar-refractivity contribution in [1.29, 1.82) is 0 Å². The smallest absolute Gasteiger partial charge is 0.221 e. The van der Waals surface area contributed by atoms with Crippen LogP contribution in [0.25, 0.3) is 0 Å². The van der Waals surface area contributed by atoms with Crippen LogP contribution in [0.3, 0.4) is 0 Å². The van der Waals surface area contributed by atoms with Crippen LogP contribution in [-0.2, 0) is 0 Å². The molecular formula is C15H18N2O. The second-order valence-electron chi connectivity index (χ2n) is 4.26. The van der Waals surface area contributed by atoms with Gasteiger partial charge in [-0.1, -0.05) is 18.2 Å². The van der Waals surface area contributed by atoms with Crippen molar-refractivity contribution in [2.45, 2.75) is 20.8 Å². The van der Waals surface area contributed by atoms with E-state index in [0.717, 1.165) is 23.7 Å². The molecule has 1 N–H and O–H groups in total. The Kier molecular flexibility index (Phi) is 3.82. The molecule has 0 amide bonds. The van der Waals surface area contributed by atoms with E-state index >= 15 is 0 Å². The fraction of sp³-hybridized carbons (Fsp3) is 0.267. The summed E-state index contributed by atoms with van der Waals surface area (Å²) in [5.74, 6) is 2.30. The normalized spacial score (nSPS) is 10.2. The molecule has 0 atom stereocenters. The molecule has 0 aliphatic heterocycles. The van der Waals surface area contributed by atoms with Gasteiger partial charge in [-0.05, 0) is 44.0 Å². The number of anilines is 1. The molecule has 1 aromatic heterocycles. The van der Waals surface area contributed by atoms with Crippen molar-refractivity contribution in [2.75, 3.05) is 11.9 Å². The Morgan fingerprint density at radius 1 is 1.17 bits per heavy atom. The lowest BCUT2D eigenvalue weighted by Gasteiger charge is -2.10.